The van der Waals surface area contributed by atoms with Crippen molar-refractivity contribution >= 4 is 23.4 Å². The van der Waals surface area contributed by atoms with Crippen LogP contribution in [-0.4, -0.2) is 42.5 Å². The molecule has 0 aromatic heterocycles. The van der Waals surface area contributed by atoms with E-state index in [2.05, 4.69) is 5.32 Å². The Bertz CT molecular complexity index is 577. The van der Waals surface area contributed by atoms with Gasteiger partial charge in [-0.25, -0.2) is 0 Å². The molecule has 126 valence electrons. The van der Waals surface area contributed by atoms with E-state index in [0.29, 0.717) is 23.9 Å². The lowest BCUT2D eigenvalue weighted by Gasteiger charge is -2.32. The van der Waals surface area contributed by atoms with Gasteiger partial charge in [-0.1, -0.05) is 18.5 Å². The van der Waals surface area contributed by atoms with Gasteiger partial charge in [-0.3, -0.25) is 9.59 Å². The topological polar surface area (TPSA) is 58.6 Å². The van der Waals surface area contributed by atoms with Crippen LogP contribution in [0.4, 0.5) is 0 Å². The molecule has 0 saturated carbocycles. The van der Waals surface area contributed by atoms with E-state index >= 15 is 0 Å². The summed E-state index contributed by atoms with van der Waals surface area (Å²) in [5.41, 5.74) is 1.00. The van der Waals surface area contributed by atoms with Crippen molar-refractivity contribution in [2.45, 2.75) is 39.2 Å². The lowest BCUT2D eigenvalue weighted by Crippen LogP contribution is -2.50. The fourth-order valence-electron chi connectivity index (χ4n) is 2.76. The molecular weight excluding hydrogens is 316 g/mol. The number of carbonyl (C=O) groups is 2. The van der Waals surface area contributed by atoms with Gasteiger partial charge in [0.25, 0.3) is 5.91 Å². The Balaban J connectivity index is 1.88. The minimum absolute atomic E-state index is 0.00240. The third kappa shape index (κ3) is 5.13. The number of nitrogens with one attached hydrogen (secondary N) is 1. The summed E-state index contributed by atoms with van der Waals surface area (Å²) in [5, 5.41) is 3.58. The second-order valence-corrected chi connectivity index (χ2v) is 6.18. The normalized spacial score (nSPS) is 17.7. The van der Waals surface area contributed by atoms with E-state index < -0.39 is 0 Å². The summed E-state index contributed by atoms with van der Waals surface area (Å²) in [7, 11) is 0. The number of nitrogens with zero attached hydrogens (tertiary/aromatic N) is 1. The lowest BCUT2D eigenvalue weighted by molar-refractivity contribution is -0.135. The molecule has 1 aliphatic heterocycles. The van der Waals surface area contributed by atoms with Crippen LogP contribution >= 0.6 is 11.6 Å². The number of likely N-dealkylation sites (tertiary alicyclic amines) is 1. The maximum Gasteiger partial charge on any atom is 0.260 e. The summed E-state index contributed by atoms with van der Waals surface area (Å²) in [6, 6.07) is 5.46. The zero-order valence-corrected chi connectivity index (χ0v) is 14.4. The number of piperidine rings is 1. The van der Waals surface area contributed by atoms with E-state index in [9.17, 15) is 9.59 Å². The number of carbonyl (C=O) groups excluding carboxylic acids is 2. The number of ether oxygens (including phenoxy) is 1. The SMILES string of the molecule is CCc1cc(OCC(=O)N2CCCC(NC(C)=O)C2)ccc1Cl. The van der Waals surface area contributed by atoms with Crippen molar-refractivity contribution in [1.82, 2.24) is 10.2 Å². The average molecular weight is 339 g/mol. The molecule has 1 aliphatic rings. The molecule has 23 heavy (non-hydrogen) atoms. The van der Waals surface area contributed by atoms with Gasteiger partial charge in [0.05, 0.1) is 0 Å². The summed E-state index contributed by atoms with van der Waals surface area (Å²) in [6.45, 7) is 4.76. The molecule has 0 spiro atoms. The third-order valence-corrected chi connectivity index (χ3v) is 4.31. The summed E-state index contributed by atoms with van der Waals surface area (Å²) < 4.78 is 5.60. The maximum atomic E-state index is 12.3. The maximum absolute atomic E-state index is 12.3. The van der Waals surface area contributed by atoms with Crippen LogP contribution in [0.3, 0.4) is 0 Å². The summed E-state index contributed by atoms with van der Waals surface area (Å²) in [4.78, 5) is 25.2. The Morgan fingerprint density at radius 1 is 1.43 bits per heavy atom. The number of hydrogen-bond donors (Lipinski definition) is 1. The summed E-state index contributed by atoms with van der Waals surface area (Å²) >= 11 is 6.07. The van der Waals surface area contributed by atoms with Crippen molar-refractivity contribution < 1.29 is 14.3 Å². The van der Waals surface area contributed by atoms with Gasteiger partial charge < -0.3 is 15.0 Å². The number of benzene rings is 1. The van der Waals surface area contributed by atoms with Gasteiger partial charge >= 0.3 is 0 Å². The zero-order chi connectivity index (χ0) is 16.8. The van der Waals surface area contributed by atoms with E-state index in [1.165, 1.54) is 6.92 Å². The van der Waals surface area contributed by atoms with Crippen LogP contribution in [0.5, 0.6) is 5.75 Å². The largest absolute Gasteiger partial charge is 0.484 e. The second-order valence-electron chi connectivity index (χ2n) is 5.77. The number of aryl methyl sites for hydroxylation is 1. The Morgan fingerprint density at radius 3 is 2.91 bits per heavy atom. The van der Waals surface area contributed by atoms with Gasteiger partial charge in [0, 0.05) is 31.1 Å². The Morgan fingerprint density at radius 2 is 2.22 bits per heavy atom. The number of amides is 2. The lowest BCUT2D eigenvalue weighted by atomic mass is 10.1. The summed E-state index contributed by atoms with van der Waals surface area (Å²) in [6.07, 6.45) is 2.60. The van der Waals surface area contributed by atoms with Crippen molar-refractivity contribution in [2.75, 3.05) is 19.7 Å². The Hall–Kier alpha value is -1.75. The first-order chi connectivity index (χ1) is 11.0. The van der Waals surface area contributed by atoms with Gasteiger partial charge in [0.15, 0.2) is 6.61 Å². The van der Waals surface area contributed by atoms with Crippen LogP contribution < -0.4 is 10.1 Å². The average Bonchev–Trinajstić information content (AvgIpc) is 2.53. The number of halogens is 1. The van der Waals surface area contributed by atoms with E-state index in [0.717, 1.165) is 24.8 Å². The highest BCUT2D eigenvalue weighted by atomic mass is 35.5. The molecule has 5 nitrogen and oxygen atoms in total. The van der Waals surface area contributed by atoms with Crippen LogP contribution in [-0.2, 0) is 16.0 Å². The molecule has 2 amide bonds. The molecule has 1 N–H and O–H groups in total. The van der Waals surface area contributed by atoms with Crippen LogP contribution in [0.25, 0.3) is 0 Å². The molecule has 1 fully saturated rings. The highest BCUT2D eigenvalue weighted by Gasteiger charge is 2.24. The molecule has 1 aromatic carbocycles. The van der Waals surface area contributed by atoms with Crippen molar-refractivity contribution in [1.29, 1.82) is 0 Å². The first-order valence-electron chi connectivity index (χ1n) is 7.95. The van der Waals surface area contributed by atoms with E-state index in [-0.39, 0.29) is 24.5 Å². The molecule has 0 bridgehead atoms. The highest BCUT2D eigenvalue weighted by molar-refractivity contribution is 6.31. The van der Waals surface area contributed by atoms with Crippen LogP contribution in [0, 0.1) is 0 Å². The second kappa shape index (κ2) is 8.20. The van der Waals surface area contributed by atoms with Gasteiger partial charge in [-0.05, 0) is 43.0 Å². The van der Waals surface area contributed by atoms with Gasteiger partial charge in [0.2, 0.25) is 5.91 Å². The van der Waals surface area contributed by atoms with Crippen molar-refractivity contribution in [2.24, 2.45) is 0 Å². The molecule has 0 radical (unpaired) electrons. The minimum Gasteiger partial charge on any atom is -0.484 e. The van der Waals surface area contributed by atoms with Crippen LogP contribution in [0.15, 0.2) is 18.2 Å². The number of hydrogen-bond acceptors (Lipinski definition) is 3. The van der Waals surface area contributed by atoms with Crippen molar-refractivity contribution in [3.8, 4) is 5.75 Å². The molecule has 1 unspecified atom stereocenters. The van der Waals surface area contributed by atoms with Crippen molar-refractivity contribution in [3.63, 3.8) is 0 Å². The molecule has 0 aliphatic carbocycles. The smallest absolute Gasteiger partial charge is 0.260 e. The molecule has 2 rings (SSSR count). The van der Waals surface area contributed by atoms with E-state index in [4.69, 9.17) is 16.3 Å². The number of rotatable bonds is 5. The van der Waals surface area contributed by atoms with E-state index in [1.807, 2.05) is 13.0 Å². The molecule has 1 heterocycles. The molecule has 1 saturated heterocycles. The van der Waals surface area contributed by atoms with Gasteiger partial charge in [-0.2, -0.15) is 0 Å². The van der Waals surface area contributed by atoms with Crippen LogP contribution in [0.2, 0.25) is 5.02 Å². The Labute approximate surface area is 141 Å². The molecule has 1 atom stereocenters. The third-order valence-electron chi connectivity index (χ3n) is 3.94. The first kappa shape index (κ1) is 17.6. The fraction of sp³-hybridized carbons (Fsp3) is 0.529. The monoisotopic (exact) mass is 338 g/mol. The first-order valence-corrected chi connectivity index (χ1v) is 8.33. The molecule has 1 aromatic rings. The van der Waals surface area contributed by atoms with Crippen LogP contribution in [0.1, 0.15) is 32.3 Å². The quantitative estimate of drug-likeness (QED) is 0.897. The standard InChI is InChI=1S/C17H23ClN2O3/c1-3-13-9-15(6-7-16(13)18)23-11-17(22)20-8-4-5-14(10-20)19-12(2)21/h6-7,9,14H,3-5,8,10-11H2,1-2H3,(H,19,21). The van der Waals surface area contributed by atoms with Crippen molar-refractivity contribution in [3.05, 3.63) is 28.8 Å². The fourth-order valence-corrected chi connectivity index (χ4v) is 3.01. The van der Waals surface area contributed by atoms with Gasteiger partial charge in [0.1, 0.15) is 5.75 Å². The van der Waals surface area contributed by atoms with Gasteiger partial charge in [-0.15, -0.1) is 0 Å². The Kier molecular flexibility index (Phi) is 6.28. The van der Waals surface area contributed by atoms with E-state index in [1.54, 1.807) is 17.0 Å². The molecular formula is C17H23ClN2O3. The predicted octanol–water partition coefficient (Wildman–Crippen LogP) is 2.41. The minimum atomic E-state index is -0.0620. The highest BCUT2D eigenvalue weighted by Crippen LogP contribution is 2.22. The summed E-state index contributed by atoms with van der Waals surface area (Å²) in [5.74, 6) is 0.525. The predicted molar refractivity (Wildman–Crippen MR) is 89.7 cm³/mol. The molecule has 6 heteroatoms. The zero-order valence-electron chi connectivity index (χ0n) is 13.6.